The second kappa shape index (κ2) is 5.09. The largest absolute Gasteiger partial charge is 0.383 e. The monoisotopic (exact) mass is 295 g/mol. The van der Waals surface area contributed by atoms with Crippen LogP contribution in [0.4, 0.5) is 10.2 Å². The molecule has 0 atom stereocenters. The van der Waals surface area contributed by atoms with E-state index in [1.165, 1.54) is 6.07 Å². The highest BCUT2D eigenvalue weighted by molar-refractivity contribution is 6.33. The van der Waals surface area contributed by atoms with Gasteiger partial charge in [-0.15, -0.1) is 0 Å². The number of halogens is 2. The molecule has 2 aromatic rings. The molecule has 20 heavy (non-hydrogen) atoms. The number of rotatable bonds is 2. The van der Waals surface area contributed by atoms with Crippen LogP contribution in [0.2, 0.25) is 5.02 Å². The zero-order chi connectivity index (χ0) is 15.1. The van der Waals surface area contributed by atoms with Crippen molar-refractivity contribution in [1.29, 1.82) is 0 Å². The van der Waals surface area contributed by atoms with Crippen LogP contribution in [0.3, 0.4) is 0 Å². The van der Waals surface area contributed by atoms with Crippen LogP contribution >= 0.6 is 11.6 Å². The van der Waals surface area contributed by atoms with Gasteiger partial charge in [0, 0.05) is 12.0 Å². The lowest BCUT2D eigenvalue weighted by atomic mass is 10.1. The van der Waals surface area contributed by atoms with Gasteiger partial charge in [-0.05, 0) is 32.9 Å². The third-order valence-corrected chi connectivity index (χ3v) is 3.48. The van der Waals surface area contributed by atoms with E-state index in [4.69, 9.17) is 17.3 Å². The zero-order valence-corrected chi connectivity index (χ0v) is 12.9. The van der Waals surface area contributed by atoms with Gasteiger partial charge in [0.2, 0.25) is 0 Å². The van der Waals surface area contributed by atoms with Crippen LogP contribution in [-0.2, 0) is 12.0 Å². The van der Waals surface area contributed by atoms with Crippen molar-refractivity contribution in [2.24, 2.45) is 0 Å². The molecule has 1 aromatic carbocycles. The van der Waals surface area contributed by atoms with E-state index in [-0.39, 0.29) is 11.1 Å². The molecule has 2 rings (SSSR count). The van der Waals surface area contributed by atoms with Crippen LogP contribution < -0.4 is 5.73 Å². The number of benzene rings is 1. The fraction of sp³-hybridized carbons (Fsp3) is 0.400. The summed E-state index contributed by atoms with van der Waals surface area (Å²) in [5, 5.41) is 0.318. The Labute approximate surface area is 123 Å². The summed E-state index contributed by atoms with van der Waals surface area (Å²) in [4.78, 5) is 4.50. The molecule has 5 heteroatoms. The Hall–Kier alpha value is -1.55. The molecule has 0 radical (unpaired) electrons. The molecule has 0 unspecified atom stereocenters. The smallest absolute Gasteiger partial charge is 0.134 e. The van der Waals surface area contributed by atoms with Crippen LogP contribution in [0.1, 0.15) is 33.5 Å². The van der Waals surface area contributed by atoms with Crippen molar-refractivity contribution in [3.05, 3.63) is 34.9 Å². The molecule has 2 N–H and O–H groups in total. The SMILES string of the molecule is CCc1nc(-c2c(F)cccc2Cl)c(N)n1C(C)(C)C. The lowest BCUT2D eigenvalue weighted by Crippen LogP contribution is -2.25. The van der Waals surface area contributed by atoms with Crippen molar-refractivity contribution < 1.29 is 4.39 Å². The maximum absolute atomic E-state index is 14.1. The Kier molecular flexibility index (Phi) is 3.78. The number of aryl methyl sites for hydroxylation is 1. The van der Waals surface area contributed by atoms with Gasteiger partial charge in [0.05, 0.1) is 10.6 Å². The van der Waals surface area contributed by atoms with Crippen LogP contribution in [0.25, 0.3) is 11.3 Å². The van der Waals surface area contributed by atoms with E-state index >= 15 is 0 Å². The molecule has 0 fully saturated rings. The first-order valence-corrected chi connectivity index (χ1v) is 6.97. The minimum atomic E-state index is -0.412. The van der Waals surface area contributed by atoms with E-state index in [0.29, 0.717) is 23.0 Å². The minimum absolute atomic E-state index is 0.224. The van der Waals surface area contributed by atoms with E-state index in [0.717, 1.165) is 5.82 Å². The summed E-state index contributed by atoms with van der Waals surface area (Å²) in [7, 11) is 0. The Morgan fingerprint density at radius 1 is 1.35 bits per heavy atom. The van der Waals surface area contributed by atoms with Gasteiger partial charge < -0.3 is 10.3 Å². The van der Waals surface area contributed by atoms with Gasteiger partial charge in [-0.3, -0.25) is 0 Å². The minimum Gasteiger partial charge on any atom is -0.383 e. The molecular weight excluding hydrogens is 277 g/mol. The fourth-order valence-electron chi connectivity index (χ4n) is 2.37. The van der Waals surface area contributed by atoms with E-state index in [2.05, 4.69) is 4.98 Å². The maximum atomic E-state index is 14.1. The first kappa shape index (κ1) is 14.9. The Morgan fingerprint density at radius 2 is 2.00 bits per heavy atom. The topological polar surface area (TPSA) is 43.8 Å². The molecular formula is C15H19ClFN3. The highest BCUT2D eigenvalue weighted by atomic mass is 35.5. The van der Waals surface area contributed by atoms with Crippen molar-refractivity contribution in [3.8, 4) is 11.3 Å². The van der Waals surface area contributed by atoms with E-state index in [1.54, 1.807) is 12.1 Å². The normalized spacial score (nSPS) is 11.9. The molecule has 108 valence electrons. The van der Waals surface area contributed by atoms with Gasteiger partial charge >= 0.3 is 0 Å². The molecule has 0 aliphatic rings. The number of aromatic nitrogens is 2. The molecule has 0 spiro atoms. The van der Waals surface area contributed by atoms with Crippen molar-refractivity contribution in [1.82, 2.24) is 9.55 Å². The molecule has 0 aliphatic heterocycles. The lowest BCUT2D eigenvalue weighted by Gasteiger charge is -2.24. The predicted molar refractivity (Wildman–Crippen MR) is 81.4 cm³/mol. The number of hydrogen-bond acceptors (Lipinski definition) is 2. The summed E-state index contributed by atoms with van der Waals surface area (Å²) >= 11 is 6.11. The van der Waals surface area contributed by atoms with Crippen LogP contribution in [-0.4, -0.2) is 9.55 Å². The predicted octanol–water partition coefficient (Wildman–Crippen LogP) is 4.24. The quantitative estimate of drug-likeness (QED) is 0.900. The van der Waals surface area contributed by atoms with Crippen LogP contribution in [0.5, 0.6) is 0 Å². The summed E-state index contributed by atoms with van der Waals surface area (Å²) in [6, 6.07) is 4.57. The number of nitrogens with two attached hydrogens (primary N) is 1. The van der Waals surface area contributed by atoms with Gasteiger partial charge in [-0.25, -0.2) is 9.37 Å². The van der Waals surface area contributed by atoms with Crippen LogP contribution in [0, 0.1) is 5.82 Å². The highest BCUT2D eigenvalue weighted by Crippen LogP contribution is 2.36. The van der Waals surface area contributed by atoms with Crippen molar-refractivity contribution in [2.45, 2.75) is 39.7 Å². The van der Waals surface area contributed by atoms with Gasteiger partial charge in [0.1, 0.15) is 23.2 Å². The summed E-state index contributed by atoms with van der Waals surface area (Å²) in [6.07, 6.45) is 0.716. The average molecular weight is 296 g/mol. The Morgan fingerprint density at radius 3 is 2.45 bits per heavy atom. The third-order valence-electron chi connectivity index (χ3n) is 3.17. The number of nitrogen functional groups attached to an aromatic ring is 1. The molecule has 1 heterocycles. The number of imidazole rings is 1. The van der Waals surface area contributed by atoms with E-state index < -0.39 is 5.82 Å². The van der Waals surface area contributed by atoms with Gasteiger partial charge in [0.15, 0.2) is 0 Å². The molecule has 0 aliphatic carbocycles. The fourth-order valence-corrected chi connectivity index (χ4v) is 2.63. The highest BCUT2D eigenvalue weighted by Gasteiger charge is 2.25. The molecule has 0 saturated carbocycles. The first-order valence-electron chi connectivity index (χ1n) is 6.59. The number of anilines is 1. The number of hydrogen-bond donors (Lipinski definition) is 1. The van der Waals surface area contributed by atoms with Gasteiger partial charge in [-0.1, -0.05) is 24.6 Å². The Balaban J connectivity index is 2.75. The molecule has 0 bridgehead atoms. The summed E-state index contributed by atoms with van der Waals surface area (Å²) in [5.74, 6) is 0.857. The summed E-state index contributed by atoms with van der Waals surface area (Å²) in [5.41, 5.74) is 6.67. The van der Waals surface area contributed by atoms with E-state index in [1.807, 2.05) is 32.3 Å². The second-order valence-electron chi connectivity index (χ2n) is 5.72. The first-order chi connectivity index (χ1) is 9.27. The number of nitrogens with zero attached hydrogens (tertiary/aromatic N) is 2. The van der Waals surface area contributed by atoms with E-state index in [9.17, 15) is 4.39 Å². The third kappa shape index (κ3) is 2.40. The second-order valence-corrected chi connectivity index (χ2v) is 6.13. The van der Waals surface area contributed by atoms with Gasteiger partial charge in [-0.2, -0.15) is 0 Å². The van der Waals surface area contributed by atoms with Crippen molar-refractivity contribution in [3.63, 3.8) is 0 Å². The maximum Gasteiger partial charge on any atom is 0.134 e. The lowest BCUT2D eigenvalue weighted by molar-refractivity contribution is 0.389. The molecule has 0 amide bonds. The van der Waals surface area contributed by atoms with Gasteiger partial charge in [0.25, 0.3) is 0 Å². The average Bonchev–Trinajstić information content (AvgIpc) is 2.66. The molecule has 1 aromatic heterocycles. The molecule has 3 nitrogen and oxygen atoms in total. The Bertz CT molecular complexity index is 621. The van der Waals surface area contributed by atoms with Crippen molar-refractivity contribution >= 4 is 17.4 Å². The summed E-state index contributed by atoms with van der Waals surface area (Å²) in [6.45, 7) is 8.11. The zero-order valence-electron chi connectivity index (χ0n) is 12.2. The van der Waals surface area contributed by atoms with Crippen molar-refractivity contribution in [2.75, 3.05) is 5.73 Å². The molecule has 0 saturated heterocycles. The standard InChI is InChI=1S/C15H19ClFN3/c1-5-11-19-13(14(18)20(11)15(2,3)4)12-9(16)7-6-8-10(12)17/h6-8H,5,18H2,1-4H3. The summed E-state index contributed by atoms with van der Waals surface area (Å²) < 4.78 is 16.0. The van der Waals surface area contributed by atoms with Crippen LogP contribution in [0.15, 0.2) is 18.2 Å².